The summed E-state index contributed by atoms with van der Waals surface area (Å²) in [5.41, 5.74) is 0. The van der Waals surface area contributed by atoms with Crippen LogP contribution in [-0.4, -0.2) is 9.55 Å². The summed E-state index contributed by atoms with van der Waals surface area (Å²) in [4.78, 5) is 4.18. The third kappa shape index (κ3) is 2.74. The number of hydrogen-bond acceptors (Lipinski definition) is 1. The number of hydrogen-bond donors (Lipinski definition) is 0. The molecule has 2 nitrogen and oxygen atoms in total. The van der Waals surface area contributed by atoms with E-state index in [1.54, 1.807) is 0 Å². The van der Waals surface area contributed by atoms with Crippen molar-refractivity contribution >= 4 is 0 Å². The Balaban J connectivity index is 0.000000461. The number of aryl methyl sites for hydroxylation is 1. The first kappa shape index (κ1) is 10.2. The molecule has 11 heavy (non-hydrogen) atoms. The average molecular weight is 154 g/mol. The highest BCUT2D eigenvalue weighted by molar-refractivity contribution is 4.95. The SMILES string of the molecule is CC.CC(C)c1nccn1C. The smallest absolute Gasteiger partial charge is 0.110 e. The van der Waals surface area contributed by atoms with E-state index in [-0.39, 0.29) is 0 Å². The molecule has 1 heterocycles. The number of aromatic nitrogens is 2. The molecule has 1 rings (SSSR count). The molecule has 0 radical (unpaired) electrons. The molecule has 0 saturated heterocycles. The molecule has 0 amide bonds. The summed E-state index contributed by atoms with van der Waals surface area (Å²) in [6, 6.07) is 0. The van der Waals surface area contributed by atoms with Crippen molar-refractivity contribution in [2.75, 3.05) is 0 Å². The monoisotopic (exact) mass is 154 g/mol. The van der Waals surface area contributed by atoms with Crippen molar-refractivity contribution in [2.24, 2.45) is 7.05 Å². The van der Waals surface area contributed by atoms with Crippen LogP contribution in [0.3, 0.4) is 0 Å². The second-order valence-corrected chi connectivity index (χ2v) is 2.55. The highest BCUT2D eigenvalue weighted by atomic mass is 15.0. The second-order valence-electron chi connectivity index (χ2n) is 2.55. The molecule has 0 aromatic carbocycles. The average Bonchev–Trinajstić information content (AvgIpc) is 2.39. The first-order valence-corrected chi connectivity index (χ1v) is 4.19. The molecule has 0 spiro atoms. The first-order chi connectivity index (χ1) is 5.22. The van der Waals surface area contributed by atoms with Crippen LogP contribution in [0.15, 0.2) is 12.4 Å². The summed E-state index contributed by atoms with van der Waals surface area (Å²) in [5, 5.41) is 0. The van der Waals surface area contributed by atoms with Crippen molar-refractivity contribution in [3.8, 4) is 0 Å². The summed E-state index contributed by atoms with van der Waals surface area (Å²) in [5.74, 6) is 1.68. The van der Waals surface area contributed by atoms with E-state index < -0.39 is 0 Å². The molecule has 0 fully saturated rings. The van der Waals surface area contributed by atoms with E-state index in [1.165, 1.54) is 0 Å². The van der Waals surface area contributed by atoms with Gasteiger partial charge in [-0.05, 0) is 0 Å². The summed E-state index contributed by atoms with van der Waals surface area (Å²) in [7, 11) is 2.02. The summed E-state index contributed by atoms with van der Waals surface area (Å²) < 4.78 is 2.05. The topological polar surface area (TPSA) is 17.8 Å². The zero-order valence-electron chi connectivity index (χ0n) is 8.13. The van der Waals surface area contributed by atoms with Crippen LogP contribution in [0.2, 0.25) is 0 Å². The summed E-state index contributed by atoms with van der Waals surface area (Å²) in [6.07, 6.45) is 3.80. The van der Waals surface area contributed by atoms with Gasteiger partial charge in [0.2, 0.25) is 0 Å². The van der Waals surface area contributed by atoms with Gasteiger partial charge < -0.3 is 4.57 Å². The molecule has 0 aliphatic heterocycles. The summed E-state index contributed by atoms with van der Waals surface area (Å²) in [6.45, 7) is 8.28. The fourth-order valence-electron chi connectivity index (χ4n) is 0.933. The molecule has 1 aromatic rings. The van der Waals surface area contributed by atoms with Gasteiger partial charge in [0.1, 0.15) is 5.82 Å². The fraction of sp³-hybridized carbons (Fsp3) is 0.667. The minimum absolute atomic E-state index is 0.532. The molecule has 1 aromatic heterocycles. The molecule has 0 N–H and O–H groups in total. The number of nitrogens with zero attached hydrogens (tertiary/aromatic N) is 2. The third-order valence-electron chi connectivity index (χ3n) is 1.37. The van der Waals surface area contributed by atoms with Gasteiger partial charge in [-0.3, -0.25) is 0 Å². The molecule has 0 atom stereocenters. The van der Waals surface area contributed by atoms with Crippen LogP contribution < -0.4 is 0 Å². The van der Waals surface area contributed by atoms with Gasteiger partial charge in [0, 0.05) is 25.4 Å². The lowest BCUT2D eigenvalue weighted by Gasteiger charge is -2.02. The molecule has 2 heteroatoms. The number of rotatable bonds is 1. The van der Waals surface area contributed by atoms with Gasteiger partial charge in [-0.25, -0.2) is 4.98 Å². The normalized spacial score (nSPS) is 9.27. The van der Waals surface area contributed by atoms with Crippen molar-refractivity contribution in [1.29, 1.82) is 0 Å². The predicted octanol–water partition coefficient (Wildman–Crippen LogP) is 2.57. The highest BCUT2D eigenvalue weighted by Crippen LogP contribution is 2.08. The van der Waals surface area contributed by atoms with E-state index in [4.69, 9.17) is 0 Å². The molecule has 0 unspecified atom stereocenters. The van der Waals surface area contributed by atoms with E-state index in [0.717, 1.165) is 5.82 Å². The van der Waals surface area contributed by atoms with Crippen LogP contribution in [0.4, 0.5) is 0 Å². The Bertz CT molecular complexity index is 189. The Hall–Kier alpha value is -0.790. The van der Waals surface area contributed by atoms with Crippen molar-refractivity contribution in [3.05, 3.63) is 18.2 Å². The van der Waals surface area contributed by atoms with Crippen LogP contribution in [0.25, 0.3) is 0 Å². The lowest BCUT2D eigenvalue weighted by atomic mass is 10.2. The Morgan fingerprint density at radius 1 is 1.36 bits per heavy atom. The lowest BCUT2D eigenvalue weighted by Crippen LogP contribution is -1.98. The Labute approximate surface area is 69.3 Å². The van der Waals surface area contributed by atoms with Gasteiger partial charge in [0.25, 0.3) is 0 Å². The van der Waals surface area contributed by atoms with Gasteiger partial charge in [-0.2, -0.15) is 0 Å². The van der Waals surface area contributed by atoms with Gasteiger partial charge >= 0.3 is 0 Å². The Morgan fingerprint density at radius 2 is 1.91 bits per heavy atom. The van der Waals surface area contributed by atoms with E-state index >= 15 is 0 Å². The van der Waals surface area contributed by atoms with Crippen LogP contribution in [-0.2, 0) is 7.05 Å². The van der Waals surface area contributed by atoms with E-state index in [1.807, 2.05) is 37.9 Å². The predicted molar refractivity (Wildman–Crippen MR) is 48.6 cm³/mol. The van der Waals surface area contributed by atoms with Crippen LogP contribution in [0.5, 0.6) is 0 Å². The lowest BCUT2D eigenvalue weighted by molar-refractivity contribution is 0.711. The Kier molecular flexibility index (Phi) is 4.59. The van der Waals surface area contributed by atoms with Crippen LogP contribution in [0.1, 0.15) is 39.4 Å². The highest BCUT2D eigenvalue weighted by Gasteiger charge is 2.01. The summed E-state index contributed by atoms with van der Waals surface area (Å²) >= 11 is 0. The van der Waals surface area contributed by atoms with Gasteiger partial charge in [0.15, 0.2) is 0 Å². The minimum atomic E-state index is 0.532. The maximum Gasteiger partial charge on any atom is 0.110 e. The minimum Gasteiger partial charge on any atom is -0.338 e. The third-order valence-corrected chi connectivity index (χ3v) is 1.37. The Morgan fingerprint density at radius 3 is 2.09 bits per heavy atom. The molecular weight excluding hydrogens is 136 g/mol. The molecule has 0 aliphatic carbocycles. The van der Waals surface area contributed by atoms with Crippen LogP contribution >= 0.6 is 0 Å². The van der Waals surface area contributed by atoms with Crippen molar-refractivity contribution in [2.45, 2.75) is 33.6 Å². The van der Waals surface area contributed by atoms with Crippen molar-refractivity contribution in [3.63, 3.8) is 0 Å². The molecule has 0 aliphatic rings. The largest absolute Gasteiger partial charge is 0.338 e. The second kappa shape index (κ2) is 4.94. The standard InChI is InChI=1S/C7H12N2.C2H6/c1-6(2)7-8-4-5-9(7)3;1-2/h4-6H,1-3H3;1-2H3. The van der Waals surface area contributed by atoms with E-state index in [9.17, 15) is 0 Å². The molecule has 0 saturated carbocycles. The van der Waals surface area contributed by atoms with Crippen molar-refractivity contribution < 1.29 is 0 Å². The van der Waals surface area contributed by atoms with Gasteiger partial charge in [0.05, 0.1) is 0 Å². The van der Waals surface area contributed by atoms with Gasteiger partial charge in [-0.1, -0.05) is 27.7 Å². The maximum absolute atomic E-state index is 4.18. The molecule has 0 bridgehead atoms. The van der Waals surface area contributed by atoms with Crippen LogP contribution in [0, 0.1) is 0 Å². The number of imidazole rings is 1. The zero-order chi connectivity index (χ0) is 8.85. The van der Waals surface area contributed by atoms with Gasteiger partial charge in [-0.15, -0.1) is 0 Å². The van der Waals surface area contributed by atoms with Crippen molar-refractivity contribution in [1.82, 2.24) is 9.55 Å². The van der Waals surface area contributed by atoms with E-state index in [0.29, 0.717) is 5.92 Å². The molecule has 64 valence electrons. The fourth-order valence-corrected chi connectivity index (χ4v) is 0.933. The first-order valence-electron chi connectivity index (χ1n) is 4.19. The quantitative estimate of drug-likeness (QED) is 0.608. The molecular formula is C9H18N2. The zero-order valence-corrected chi connectivity index (χ0v) is 8.13. The maximum atomic E-state index is 4.18. The van der Waals surface area contributed by atoms with E-state index in [2.05, 4.69) is 18.8 Å².